The number of esters is 1. The molecule has 1 aliphatic carbocycles. The Morgan fingerprint density at radius 1 is 1.24 bits per heavy atom. The fourth-order valence-corrected chi connectivity index (χ4v) is 6.55. The third-order valence-electron chi connectivity index (χ3n) is 4.37. The minimum atomic E-state index is -2.95. The first-order valence-electron chi connectivity index (χ1n) is 8.30. The van der Waals surface area contributed by atoms with Crippen molar-refractivity contribution in [2.75, 3.05) is 29.2 Å². The summed E-state index contributed by atoms with van der Waals surface area (Å²) in [6, 6.07) is 5.86. The van der Waals surface area contributed by atoms with E-state index in [1.165, 1.54) is 22.9 Å². The van der Waals surface area contributed by atoms with Gasteiger partial charge in [0.1, 0.15) is 0 Å². The van der Waals surface area contributed by atoms with Gasteiger partial charge in [-0.25, -0.2) is 8.42 Å². The highest BCUT2D eigenvalue weighted by atomic mass is 32.2. The predicted molar refractivity (Wildman–Crippen MR) is 97.6 cm³/mol. The number of hydrogen-bond donors (Lipinski definition) is 1. The molecule has 0 saturated carbocycles. The first-order valence-corrected chi connectivity index (χ1v) is 11.2. The van der Waals surface area contributed by atoms with Crippen molar-refractivity contribution < 1.29 is 22.7 Å². The van der Waals surface area contributed by atoms with Crippen molar-refractivity contribution in [3.8, 4) is 0 Å². The topological polar surface area (TPSA) is 89.5 Å². The van der Waals surface area contributed by atoms with Gasteiger partial charge in [0.25, 0.3) is 5.91 Å². The molecule has 1 saturated heterocycles. The molecule has 1 fully saturated rings. The van der Waals surface area contributed by atoms with Crippen molar-refractivity contribution in [1.82, 2.24) is 0 Å². The Bertz CT molecular complexity index is 775. The summed E-state index contributed by atoms with van der Waals surface area (Å²) in [6.45, 7) is -0.334. The summed E-state index contributed by atoms with van der Waals surface area (Å²) in [5.41, 5.74) is 3.31. The molecule has 0 spiro atoms. The number of fused-ring (bicyclic) bond motifs is 1. The van der Waals surface area contributed by atoms with Gasteiger partial charge in [-0.05, 0) is 48.9 Å². The van der Waals surface area contributed by atoms with Crippen LogP contribution in [0, 0.1) is 0 Å². The standard InChI is InChI=1S/C17H21NO5S2/c19-16(18-14-5-4-12-2-1-3-13(12)8-14)9-23-17(20)10-24-15-6-7-25(21,22)11-15/h4-5,8,15H,1-3,6-7,9-11H2,(H,18,19)/t15-/m1/s1. The monoisotopic (exact) mass is 383 g/mol. The van der Waals surface area contributed by atoms with E-state index in [2.05, 4.69) is 5.32 Å². The second-order valence-electron chi connectivity index (χ2n) is 6.38. The van der Waals surface area contributed by atoms with Crippen molar-refractivity contribution in [2.45, 2.75) is 30.9 Å². The van der Waals surface area contributed by atoms with E-state index in [0.29, 0.717) is 12.1 Å². The molecule has 1 aromatic rings. The molecule has 1 amide bonds. The largest absolute Gasteiger partial charge is 0.455 e. The summed E-state index contributed by atoms with van der Waals surface area (Å²) in [6.07, 6.45) is 3.83. The number of ether oxygens (including phenoxy) is 1. The molecule has 0 unspecified atom stereocenters. The van der Waals surface area contributed by atoms with Crippen LogP contribution < -0.4 is 5.32 Å². The van der Waals surface area contributed by atoms with E-state index >= 15 is 0 Å². The van der Waals surface area contributed by atoms with Gasteiger partial charge in [-0.2, -0.15) is 0 Å². The first kappa shape index (κ1) is 18.3. The SMILES string of the molecule is O=C(COC(=O)CS[C@@H]1CCS(=O)(=O)C1)Nc1ccc2c(c1)CCC2. The van der Waals surface area contributed by atoms with E-state index in [9.17, 15) is 18.0 Å². The second kappa shape index (κ2) is 7.78. The smallest absolute Gasteiger partial charge is 0.316 e. The maximum Gasteiger partial charge on any atom is 0.316 e. The van der Waals surface area contributed by atoms with E-state index in [4.69, 9.17) is 4.74 Å². The van der Waals surface area contributed by atoms with Crippen LogP contribution in [-0.4, -0.2) is 49.4 Å². The molecule has 136 valence electrons. The van der Waals surface area contributed by atoms with E-state index in [1.54, 1.807) is 0 Å². The van der Waals surface area contributed by atoms with Crippen molar-refractivity contribution in [3.05, 3.63) is 29.3 Å². The van der Waals surface area contributed by atoms with Crippen molar-refractivity contribution in [1.29, 1.82) is 0 Å². The van der Waals surface area contributed by atoms with Gasteiger partial charge in [-0.15, -0.1) is 11.8 Å². The van der Waals surface area contributed by atoms with Gasteiger partial charge in [0.05, 0.1) is 17.3 Å². The van der Waals surface area contributed by atoms with Crippen LogP contribution in [0.15, 0.2) is 18.2 Å². The highest BCUT2D eigenvalue weighted by Gasteiger charge is 2.28. The first-order chi connectivity index (χ1) is 11.9. The van der Waals surface area contributed by atoms with E-state index in [0.717, 1.165) is 19.3 Å². The maximum atomic E-state index is 11.9. The van der Waals surface area contributed by atoms with E-state index in [-0.39, 0.29) is 35.0 Å². The number of benzene rings is 1. The predicted octanol–water partition coefficient (Wildman–Crippen LogP) is 1.58. The Morgan fingerprint density at radius 3 is 2.80 bits per heavy atom. The Balaban J connectivity index is 1.38. The van der Waals surface area contributed by atoms with Crippen LogP contribution in [0.3, 0.4) is 0 Å². The molecular formula is C17H21NO5S2. The molecule has 1 N–H and O–H groups in total. The molecule has 0 bridgehead atoms. The summed E-state index contributed by atoms with van der Waals surface area (Å²) < 4.78 is 27.7. The normalized spacial score (nSPS) is 20.9. The Labute approximate surface area is 151 Å². The number of sulfone groups is 1. The maximum absolute atomic E-state index is 11.9. The zero-order valence-corrected chi connectivity index (χ0v) is 15.5. The van der Waals surface area contributed by atoms with Crippen molar-refractivity contribution in [2.24, 2.45) is 0 Å². The van der Waals surface area contributed by atoms with E-state index < -0.39 is 15.8 Å². The van der Waals surface area contributed by atoms with Gasteiger partial charge in [-0.1, -0.05) is 6.07 Å². The lowest BCUT2D eigenvalue weighted by Gasteiger charge is -2.09. The number of carbonyl (C=O) groups excluding carboxylic acids is 2. The van der Waals surface area contributed by atoms with Crippen LogP contribution >= 0.6 is 11.8 Å². The number of anilines is 1. The number of amides is 1. The number of nitrogens with one attached hydrogen (secondary N) is 1. The van der Waals surface area contributed by atoms with Gasteiger partial charge in [0.15, 0.2) is 16.4 Å². The van der Waals surface area contributed by atoms with Crippen LogP contribution in [0.1, 0.15) is 24.0 Å². The third kappa shape index (κ3) is 5.22. The summed E-state index contributed by atoms with van der Waals surface area (Å²) in [5.74, 6) is -0.517. The molecule has 0 radical (unpaired) electrons. The quantitative estimate of drug-likeness (QED) is 0.750. The van der Waals surface area contributed by atoms with Crippen LogP contribution in [0.2, 0.25) is 0 Å². The fraction of sp³-hybridized carbons (Fsp3) is 0.529. The Hall–Kier alpha value is -1.54. The number of aryl methyl sites for hydroxylation is 2. The van der Waals surface area contributed by atoms with E-state index in [1.807, 2.05) is 18.2 Å². The lowest BCUT2D eigenvalue weighted by atomic mass is 10.1. The molecule has 1 aromatic carbocycles. The average molecular weight is 383 g/mol. The minimum absolute atomic E-state index is 0.0576. The van der Waals surface area contributed by atoms with Gasteiger partial charge >= 0.3 is 5.97 Å². The Morgan fingerprint density at radius 2 is 2.04 bits per heavy atom. The average Bonchev–Trinajstić information content (AvgIpc) is 3.16. The van der Waals surface area contributed by atoms with Crippen LogP contribution in [0.5, 0.6) is 0 Å². The van der Waals surface area contributed by atoms with Gasteiger partial charge < -0.3 is 10.1 Å². The molecule has 3 rings (SSSR count). The molecule has 25 heavy (non-hydrogen) atoms. The summed E-state index contributed by atoms with van der Waals surface area (Å²) >= 11 is 1.28. The zero-order valence-electron chi connectivity index (χ0n) is 13.8. The number of carbonyl (C=O) groups is 2. The molecule has 1 atom stereocenters. The molecule has 0 aromatic heterocycles. The number of hydrogen-bond acceptors (Lipinski definition) is 6. The molecule has 1 heterocycles. The molecule has 2 aliphatic rings. The summed E-state index contributed by atoms with van der Waals surface area (Å²) in [7, 11) is -2.95. The number of thioether (sulfide) groups is 1. The van der Waals surface area contributed by atoms with Crippen molar-refractivity contribution >= 4 is 39.2 Å². The Kier molecular flexibility index (Phi) is 5.68. The van der Waals surface area contributed by atoms with Gasteiger partial charge in [0.2, 0.25) is 0 Å². The van der Waals surface area contributed by atoms with Crippen LogP contribution in [0.4, 0.5) is 5.69 Å². The van der Waals surface area contributed by atoms with Crippen LogP contribution in [-0.2, 0) is 37.0 Å². The lowest BCUT2D eigenvalue weighted by molar-refractivity contribution is -0.144. The summed E-state index contributed by atoms with van der Waals surface area (Å²) in [5, 5.41) is 2.68. The lowest BCUT2D eigenvalue weighted by Crippen LogP contribution is -2.22. The molecule has 1 aliphatic heterocycles. The second-order valence-corrected chi connectivity index (χ2v) is 9.90. The minimum Gasteiger partial charge on any atom is -0.455 e. The van der Waals surface area contributed by atoms with Crippen LogP contribution in [0.25, 0.3) is 0 Å². The molecular weight excluding hydrogens is 362 g/mol. The molecule has 8 heteroatoms. The highest BCUT2D eigenvalue weighted by Crippen LogP contribution is 2.25. The summed E-state index contributed by atoms with van der Waals surface area (Å²) in [4.78, 5) is 23.6. The third-order valence-corrected chi connectivity index (χ3v) is 7.63. The zero-order chi connectivity index (χ0) is 17.9. The van der Waals surface area contributed by atoms with Gasteiger partial charge in [0, 0.05) is 10.9 Å². The number of rotatable bonds is 6. The fourth-order valence-electron chi connectivity index (χ4n) is 3.11. The molecule has 6 nitrogen and oxygen atoms in total. The highest BCUT2D eigenvalue weighted by molar-refractivity contribution is 8.02. The van der Waals surface area contributed by atoms with Gasteiger partial charge in [-0.3, -0.25) is 9.59 Å². The van der Waals surface area contributed by atoms with Crippen molar-refractivity contribution in [3.63, 3.8) is 0 Å².